The van der Waals surface area contributed by atoms with Gasteiger partial charge in [-0.25, -0.2) is 13.1 Å². The van der Waals surface area contributed by atoms with Crippen molar-refractivity contribution in [3.8, 4) is 5.75 Å². The van der Waals surface area contributed by atoms with Gasteiger partial charge >= 0.3 is 0 Å². The molecule has 7 heteroatoms. The molecular formula is C20H26N2O4S. The molecule has 0 heterocycles. The van der Waals surface area contributed by atoms with E-state index < -0.39 is 10.0 Å². The Labute approximate surface area is 161 Å². The number of benzene rings is 2. The van der Waals surface area contributed by atoms with Crippen LogP contribution >= 0.6 is 0 Å². The summed E-state index contributed by atoms with van der Waals surface area (Å²) in [5.41, 5.74) is 2.37. The smallest absolute Gasteiger partial charge is 0.251 e. The summed E-state index contributed by atoms with van der Waals surface area (Å²) in [6, 6.07) is 12.0. The van der Waals surface area contributed by atoms with Gasteiger partial charge < -0.3 is 10.1 Å². The predicted octanol–water partition coefficient (Wildman–Crippen LogP) is 3.01. The summed E-state index contributed by atoms with van der Waals surface area (Å²) in [5.74, 6) is -0.125. The maximum Gasteiger partial charge on any atom is 0.251 e. The van der Waals surface area contributed by atoms with Crippen LogP contribution in [0.15, 0.2) is 47.4 Å². The third kappa shape index (κ3) is 5.80. The zero-order chi connectivity index (χ0) is 20.0. The Hall–Kier alpha value is -2.38. The lowest BCUT2D eigenvalue weighted by molar-refractivity contribution is 0.0950. The van der Waals surface area contributed by atoms with E-state index in [0.29, 0.717) is 13.2 Å². The van der Waals surface area contributed by atoms with Gasteiger partial charge in [0.15, 0.2) is 0 Å². The van der Waals surface area contributed by atoms with E-state index in [9.17, 15) is 13.2 Å². The lowest BCUT2D eigenvalue weighted by Gasteiger charge is -2.15. The molecule has 0 bridgehead atoms. The number of hydrogen-bond donors (Lipinski definition) is 2. The Morgan fingerprint density at radius 1 is 1.11 bits per heavy atom. The van der Waals surface area contributed by atoms with Gasteiger partial charge in [-0.05, 0) is 51.5 Å². The van der Waals surface area contributed by atoms with E-state index in [1.807, 2.05) is 31.2 Å². The van der Waals surface area contributed by atoms with Gasteiger partial charge in [0.05, 0.1) is 6.61 Å². The summed E-state index contributed by atoms with van der Waals surface area (Å²) in [6.07, 6.45) is 0. The number of ether oxygens (including phenoxy) is 1. The minimum Gasteiger partial charge on any atom is -0.492 e. The van der Waals surface area contributed by atoms with Crippen LogP contribution in [0.1, 0.15) is 42.3 Å². The molecule has 0 saturated carbocycles. The number of amides is 1. The summed E-state index contributed by atoms with van der Waals surface area (Å²) in [7, 11) is -3.80. The summed E-state index contributed by atoms with van der Waals surface area (Å²) < 4.78 is 33.2. The van der Waals surface area contributed by atoms with Crippen molar-refractivity contribution >= 4 is 15.9 Å². The largest absolute Gasteiger partial charge is 0.492 e. The average molecular weight is 391 g/mol. The fraction of sp³-hybridized carbons (Fsp3) is 0.350. The van der Waals surface area contributed by atoms with Crippen LogP contribution in [0, 0.1) is 6.92 Å². The topological polar surface area (TPSA) is 84.5 Å². The van der Waals surface area contributed by atoms with E-state index in [2.05, 4.69) is 10.0 Å². The zero-order valence-corrected chi connectivity index (χ0v) is 16.9. The normalized spacial score (nSPS) is 11.4. The molecule has 0 aliphatic rings. The Morgan fingerprint density at radius 3 is 2.37 bits per heavy atom. The van der Waals surface area contributed by atoms with Gasteiger partial charge in [-0.2, -0.15) is 0 Å². The van der Waals surface area contributed by atoms with E-state index in [1.54, 1.807) is 26.8 Å². The standard InChI is InChI=1S/C20H26N2O4S/c1-5-26-18-11-10-17(12-19(18)27(24,25)22-14(2)3)20(23)21-13-16-8-6-15(4)7-9-16/h6-12,14,22H,5,13H2,1-4H3,(H,21,23). The number of hydrogen-bond acceptors (Lipinski definition) is 4. The van der Waals surface area contributed by atoms with Crippen LogP contribution in [0.5, 0.6) is 5.75 Å². The molecule has 2 aromatic rings. The molecule has 27 heavy (non-hydrogen) atoms. The van der Waals surface area contributed by atoms with Gasteiger partial charge in [0.2, 0.25) is 10.0 Å². The highest BCUT2D eigenvalue weighted by atomic mass is 32.2. The van der Waals surface area contributed by atoms with Crippen LogP contribution < -0.4 is 14.8 Å². The average Bonchev–Trinajstić information content (AvgIpc) is 2.60. The minimum absolute atomic E-state index is 0.0407. The molecule has 0 fully saturated rings. The monoisotopic (exact) mass is 390 g/mol. The molecular weight excluding hydrogens is 364 g/mol. The first-order valence-electron chi connectivity index (χ1n) is 8.86. The Morgan fingerprint density at radius 2 is 1.78 bits per heavy atom. The number of rotatable bonds is 8. The lowest BCUT2D eigenvalue weighted by atomic mass is 10.1. The van der Waals surface area contributed by atoms with Crippen LogP contribution in [-0.4, -0.2) is 27.0 Å². The molecule has 0 saturated heterocycles. The van der Waals surface area contributed by atoms with Crippen LogP contribution in [-0.2, 0) is 16.6 Å². The Bertz CT molecular complexity index is 891. The SMILES string of the molecule is CCOc1ccc(C(=O)NCc2ccc(C)cc2)cc1S(=O)(=O)NC(C)C. The second kappa shape index (κ2) is 9.01. The van der Waals surface area contributed by atoms with Gasteiger partial charge in [0, 0.05) is 18.2 Å². The first-order chi connectivity index (χ1) is 12.7. The Kier molecular flexibility index (Phi) is 6.98. The van der Waals surface area contributed by atoms with Crippen molar-refractivity contribution in [1.82, 2.24) is 10.0 Å². The van der Waals surface area contributed by atoms with E-state index in [-0.39, 0.29) is 28.2 Å². The first-order valence-corrected chi connectivity index (χ1v) is 10.3. The molecule has 2 rings (SSSR count). The van der Waals surface area contributed by atoms with Crippen LogP contribution in [0.4, 0.5) is 0 Å². The van der Waals surface area contributed by atoms with Crippen molar-refractivity contribution in [3.05, 3.63) is 59.2 Å². The number of carbonyl (C=O) groups is 1. The van der Waals surface area contributed by atoms with Gasteiger partial charge in [-0.15, -0.1) is 0 Å². The number of sulfonamides is 1. The molecule has 0 aromatic heterocycles. The minimum atomic E-state index is -3.80. The van der Waals surface area contributed by atoms with Crippen LogP contribution in [0.25, 0.3) is 0 Å². The molecule has 1 amide bonds. The van der Waals surface area contributed by atoms with Crippen LogP contribution in [0.3, 0.4) is 0 Å². The summed E-state index contributed by atoms with van der Waals surface area (Å²) >= 11 is 0. The second-order valence-corrected chi connectivity index (χ2v) is 8.22. The molecule has 0 radical (unpaired) electrons. The lowest BCUT2D eigenvalue weighted by Crippen LogP contribution is -2.31. The third-order valence-electron chi connectivity index (χ3n) is 3.76. The molecule has 2 aromatic carbocycles. The number of nitrogens with one attached hydrogen (secondary N) is 2. The van der Waals surface area contributed by atoms with Crippen molar-refractivity contribution in [2.75, 3.05) is 6.61 Å². The number of aryl methyl sites for hydroxylation is 1. The molecule has 6 nitrogen and oxygen atoms in total. The van der Waals surface area contributed by atoms with E-state index in [0.717, 1.165) is 11.1 Å². The quantitative estimate of drug-likeness (QED) is 0.726. The van der Waals surface area contributed by atoms with E-state index >= 15 is 0 Å². The van der Waals surface area contributed by atoms with Crippen molar-refractivity contribution in [3.63, 3.8) is 0 Å². The van der Waals surface area contributed by atoms with Crippen molar-refractivity contribution < 1.29 is 17.9 Å². The highest BCUT2D eigenvalue weighted by Crippen LogP contribution is 2.25. The van der Waals surface area contributed by atoms with Crippen molar-refractivity contribution in [2.24, 2.45) is 0 Å². The summed E-state index contributed by atoms with van der Waals surface area (Å²) in [4.78, 5) is 12.4. The fourth-order valence-corrected chi connectivity index (χ4v) is 3.92. The van der Waals surface area contributed by atoms with Gasteiger partial charge in [-0.3, -0.25) is 4.79 Å². The Balaban J connectivity index is 2.24. The predicted molar refractivity (Wildman–Crippen MR) is 105 cm³/mol. The van der Waals surface area contributed by atoms with Gasteiger partial charge in [0.1, 0.15) is 10.6 Å². The van der Waals surface area contributed by atoms with Crippen molar-refractivity contribution in [1.29, 1.82) is 0 Å². The highest BCUT2D eigenvalue weighted by molar-refractivity contribution is 7.89. The van der Waals surface area contributed by atoms with Gasteiger partial charge in [0.25, 0.3) is 5.91 Å². The molecule has 0 unspecified atom stereocenters. The first kappa shape index (κ1) is 20.9. The number of carbonyl (C=O) groups excluding carboxylic acids is 1. The maximum absolute atomic E-state index is 12.6. The molecule has 146 valence electrons. The molecule has 0 aliphatic carbocycles. The molecule has 2 N–H and O–H groups in total. The van der Waals surface area contributed by atoms with E-state index in [4.69, 9.17) is 4.74 Å². The second-order valence-electron chi connectivity index (χ2n) is 6.54. The highest BCUT2D eigenvalue weighted by Gasteiger charge is 2.22. The maximum atomic E-state index is 12.6. The molecule has 0 aliphatic heterocycles. The summed E-state index contributed by atoms with van der Waals surface area (Å²) in [5, 5.41) is 2.81. The third-order valence-corrected chi connectivity index (χ3v) is 5.44. The van der Waals surface area contributed by atoms with E-state index in [1.165, 1.54) is 12.1 Å². The summed E-state index contributed by atoms with van der Waals surface area (Å²) in [6.45, 7) is 7.91. The zero-order valence-electron chi connectivity index (χ0n) is 16.1. The fourth-order valence-electron chi connectivity index (χ4n) is 2.50. The van der Waals surface area contributed by atoms with Crippen molar-refractivity contribution in [2.45, 2.75) is 45.2 Å². The van der Waals surface area contributed by atoms with Gasteiger partial charge in [-0.1, -0.05) is 29.8 Å². The molecule has 0 spiro atoms. The van der Waals surface area contributed by atoms with Crippen LogP contribution in [0.2, 0.25) is 0 Å². The molecule has 0 atom stereocenters.